The lowest BCUT2D eigenvalue weighted by Gasteiger charge is -2.35. The predicted molar refractivity (Wildman–Crippen MR) is 175 cm³/mol. The Morgan fingerprint density at radius 1 is 1.00 bits per heavy atom. The zero-order valence-electron chi connectivity index (χ0n) is 28.9. The monoisotopic (exact) mass is 595 g/mol. The molecule has 0 radical (unpaired) electrons. The Labute approximate surface area is 261 Å². The molecule has 1 unspecified atom stereocenters. The van der Waals surface area contributed by atoms with Crippen molar-refractivity contribution in [2.24, 2.45) is 5.41 Å². The average molecular weight is 596 g/mol. The molecule has 0 spiro atoms. The van der Waals surface area contributed by atoms with Gasteiger partial charge in [0.15, 0.2) is 0 Å². The molecular formula is C37H57NO5. The van der Waals surface area contributed by atoms with Crippen molar-refractivity contribution in [2.75, 3.05) is 13.2 Å². The fraction of sp³-hybridized carbons (Fsp3) is 0.649. The van der Waals surface area contributed by atoms with Crippen LogP contribution in [-0.2, 0) is 21.3 Å². The number of hydrogen-bond donors (Lipinski definition) is 1. The summed E-state index contributed by atoms with van der Waals surface area (Å²) in [5, 5.41) is 10.6. The van der Waals surface area contributed by atoms with Gasteiger partial charge in [-0.3, -0.25) is 4.90 Å². The molecule has 2 atom stereocenters. The van der Waals surface area contributed by atoms with Gasteiger partial charge in [-0.25, -0.2) is 4.79 Å². The second kappa shape index (κ2) is 13.2. The van der Waals surface area contributed by atoms with Crippen LogP contribution in [0.5, 0.6) is 5.75 Å². The molecule has 240 valence electrons. The number of aryl methyl sites for hydroxylation is 3. The molecule has 6 heteroatoms. The molecule has 1 fully saturated rings. The first kappa shape index (κ1) is 34.9. The summed E-state index contributed by atoms with van der Waals surface area (Å²) in [5.41, 5.74) is 4.65. The van der Waals surface area contributed by atoms with Crippen LogP contribution < -0.4 is 4.74 Å². The van der Waals surface area contributed by atoms with Gasteiger partial charge in [0.25, 0.3) is 0 Å². The minimum absolute atomic E-state index is 0.111. The Bertz CT molecular complexity index is 1250. The maximum atomic E-state index is 13.0. The van der Waals surface area contributed by atoms with Gasteiger partial charge in [0, 0.05) is 5.41 Å². The summed E-state index contributed by atoms with van der Waals surface area (Å²) in [4.78, 5) is 14.7. The van der Waals surface area contributed by atoms with E-state index in [1.165, 1.54) is 22.3 Å². The first-order valence-electron chi connectivity index (χ1n) is 16.0. The summed E-state index contributed by atoms with van der Waals surface area (Å²) in [5.74, 6) is 0.808. The van der Waals surface area contributed by atoms with Gasteiger partial charge in [-0.2, -0.15) is 0 Å². The number of rotatable bonds is 10. The van der Waals surface area contributed by atoms with Gasteiger partial charge < -0.3 is 19.3 Å². The number of benzene rings is 2. The zero-order chi connectivity index (χ0) is 32.4. The molecular weight excluding hydrogens is 538 g/mol. The molecule has 3 rings (SSSR count). The molecule has 2 aromatic carbocycles. The highest BCUT2D eigenvalue weighted by Crippen LogP contribution is 2.41. The second-order valence-electron chi connectivity index (χ2n) is 14.9. The lowest BCUT2D eigenvalue weighted by molar-refractivity contribution is -0.0637. The number of amides is 1. The van der Waals surface area contributed by atoms with Crippen LogP contribution in [0, 0.1) is 19.3 Å². The Morgan fingerprint density at radius 2 is 1.58 bits per heavy atom. The lowest BCUT2D eigenvalue weighted by atomic mass is 9.69. The molecule has 0 aromatic heterocycles. The van der Waals surface area contributed by atoms with Crippen molar-refractivity contribution in [3.63, 3.8) is 0 Å². The third-order valence-electron chi connectivity index (χ3n) is 9.11. The SMILES string of the molecule is CCC(CC)(c1ccc(CCC(O)C(C)(C)C)c(C)c1)c1ccc(OC[C@H]2COC(C)(C)N2C(=O)OC(C)(C)C)c(C)c1. The summed E-state index contributed by atoms with van der Waals surface area (Å²) in [6.45, 7) is 25.2. The smallest absolute Gasteiger partial charge is 0.413 e. The van der Waals surface area contributed by atoms with E-state index in [9.17, 15) is 9.90 Å². The van der Waals surface area contributed by atoms with Crippen molar-refractivity contribution >= 4 is 6.09 Å². The van der Waals surface area contributed by atoms with Crippen LogP contribution in [0.1, 0.15) is 116 Å². The van der Waals surface area contributed by atoms with Crippen LogP contribution >= 0.6 is 0 Å². The molecule has 0 saturated carbocycles. The topological polar surface area (TPSA) is 68.2 Å². The standard InChI is InChI=1S/C37H57NO5/c1-13-37(14-2,28-17-15-27(25(3)21-28)16-20-32(39)34(5,6)7)29-18-19-31(26(4)22-29)41-23-30-24-42-36(11,12)38(30)33(40)43-35(8,9)10/h15,17-19,21-22,30,32,39H,13-14,16,20,23-24H2,1-12H3/t30-,32?/m0/s1. The van der Waals surface area contributed by atoms with E-state index in [1.54, 1.807) is 4.90 Å². The maximum absolute atomic E-state index is 13.0. The normalized spacial score (nSPS) is 18.1. The molecule has 1 aliphatic heterocycles. The molecule has 2 aromatic rings. The number of aliphatic hydroxyl groups excluding tert-OH is 1. The van der Waals surface area contributed by atoms with Gasteiger partial charge in [-0.05, 0) is 113 Å². The number of nitrogens with zero attached hydrogens (tertiary/aromatic N) is 1. The van der Waals surface area contributed by atoms with E-state index in [4.69, 9.17) is 14.2 Å². The first-order chi connectivity index (χ1) is 19.8. The molecule has 1 N–H and O–H groups in total. The lowest BCUT2D eigenvalue weighted by Crippen LogP contribution is -2.51. The Kier molecular flexibility index (Phi) is 10.7. The fourth-order valence-corrected chi connectivity index (χ4v) is 6.21. The molecule has 1 aliphatic rings. The highest BCUT2D eigenvalue weighted by molar-refractivity contribution is 5.69. The highest BCUT2D eigenvalue weighted by atomic mass is 16.6. The summed E-state index contributed by atoms with van der Waals surface area (Å²) in [6.07, 6.45) is 2.87. The summed E-state index contributed by atoms with van der Waals surface area (Å²) in [7, 11) is 0. The minimum Gasteiger partial charge on any atom is -0.491 e. The van der Waals surface area contributed by atoms with E-state index in [0.29, 0.717) is 13.2 Å². The molecule has 1 saturated heterocycles. The largest absolute Gasteiger partial charge is 0.491 e. The van der Waals surface area contributed by atoms with Crippen molar-refractivity contribution in [1.82, 2.24) is 4.90 Å². The van der Waals surface area contributed by atoms with E-state index >= 15 is 0 Å². The quantitative estimate of drug-likeness (QED) is 0.298. The average Bonchev–Trinajstić information content (AvgIpc) is 3.20. The van der Waals surface area contributed by atoms with Gasteiger partial charge in [-0.15, -0.1) is 0 Å². The molecule has 43 heavy (non-hydrogen) atoms. The Balaban J connectivity index is 1.80. The number of ether oxygens (including phenoxy) is 3. The number of hydrogen-bond acceptors (Lipinski definition) is 5. The third kappa shape index (κ3) is 8.13. The molecule has 1 amide bonds. The fourth-order valence-electron chi connectivity index (χ4n) is 6.21. The summed E-state index contributed by atoms with van der Waals surface area (Å²) in [6, 6.07) is 13.2. The Hall–Kier alpha value is -2.57. The Morgan fingerprint density at radius 3 is 2.09 bits per heavy atom. The molecule has 1 heterocycles. The third-order valence-corrected chi connectivity index (χ3v) is 9.11. The number of carbonyl (C=O) groups is 1. The van der Waals surface area contributed by atoms with Gasteiger partial charge in [0.05, 0.1) is 18.8 Å². The molecule has 0 aliphatic carbocycles. The van der Waals surface area contributed by atoms with Crippen LogP contribution in [0.3, 0.4) is 0 Å². The van der Waals surface area contributed by atoms with Crippen molar-refractivity contribution in [3.05, 3.63) is 64.2 Å². The molecule has 0 bridgehead atoms. The number of carbonyl (C=O) groups excluding carboxylic acids is 1. The van der Waals surface area contributed by atoms with E-state index < -0.39 is 17.4 Å². The van der Waals surface area contributed by atoms with E-state index in [-0.39, 0.29) is 23.0 Å². The minimum atomic E-state index is -0.767. The molecule has 6 nitrogen and oxygen atoms in total. The maximum Gasteiger partial charge on any atom is 0.413 e. The van der Waals surface area contributed by atoms with Crippen LogP contribution in [0.25, 0.3) is 0 Å². The second-order valence-corrected chi connectivity index (χ2v) is 14.9. The van der Waals surface area contributed by atoms with Crippen molar-refractivity contribution in [2.45, 2.75) is 138 Å². The first-order valence-corrected chi connectivity index (χ1v) is 16.0. The van der Waals surface area contributed by atoms with Gasteiger partial charge in [0.2, 0.25) is 0 Å². The van der Waals surface area contributed by atoms with Gasteiger partial charge in [0.1, 0.15) is 23.7 Å². The predicted octanol–water partition coefficient (Wildman–Crippen LogP) is 8.50. The zero-order valence-corrected chi connectivity index (χ0v) is 28.9. The van der Waals surface area contributed by atoms with E-state index in [1.807, 2.05) is 34.6 Å². The van der Waals surface area contributed by atoms with E-state index in [2.05, 4.69) is 84.9 Å². The van der Waals surface area contributed by atoms with Crippen LogP contribution in [0.2, 0.25) is 0 Å². The number of aliphatic hydroxyl groups is 1. The van der Waals surface area contributed by atoms with Crippen molar-refractivity contribution in [3.8, 4) is 5.75 Å². The van der Waals surface area contributed by atoms with Crippen molar-refractivity contribution < 1.29 is 24.1 Å². The summed E-state index contributed by atoms with van der Waals surface area (Å²) >= 11 is 0. The summed E-state index contributed by atoms with van der Waals surface area (Å²) < 4.78 is 18.0. The highest BCUT2D eigenvalue weighted by Gasteiger charge is 2.46. The van der Waals surface area contributed by atoms with Crippen LogP contribution in [-0.4, -0.2) is 52.8 Å². The van der Waals surface area contributed by atoms with Crippen LogP contribution in [0.15, 0.2) is 36.4 Å². The van der Waals surface area contributed by atoms with Gasteiger partial charge >= 0.3 is 6.09 Å². The van der Waals surface area contributed by atoms with Crippen molar-refractivity contribution in [1.29, 1.82) is 0 Å². The van der Waals surface area contributed by atoms with Gasteiger partial charge in [-0.1, -0.05) is 65.0 Å². The van der Waals surface area contributed by atoms with E-state index in [0.717, 1.165) is 37.0 Å². The van der Waals surface area contributed by atoms with Crippen LogP contribution in [0.4, 0.5) is 4.79 Å².